The van der Waals surface area contributed by atoms with Gasteiger partial charge in [-0.2, -0.15) is 0 Å². The first-order valence-electron chi connectivity index (χ1n) is 7.18. The molecule has 1 heterocycles. The second-order valence-corrected chi connectivity index (χ2v) is 5.13. The summed E-state index contributed by atoms with van der Waals surface area (Å²) >= 11 is 0. The quantitative estimate of drug-likeness (QED) is 0.881. The molecule has 1 aromatic carbocycles. The molecule has 2 N–H and O–H groups in total. The van der Waals surface area contributed by atoms with E-state index in [4.69, 9.17) is 0 Å². The molecular weight excluding hydrogens is 262 g/mol. The first-order valence-corrected chi connectivity index (χ1v) is 7.18. The van der Waals surface area contributed by atoms with Gasteiger partial charge in [-0.05, 0) is 44.0 Å². The smallest absolute Gasteiger partial charge is 0.269 e. The fraction of sp³-hybridized carbons (Fsp3) is 0.294. The van der Waals surface area contributed by atoms with Crippen LogP contribution in [0.5, 0.6) is 0 Å². The van der Waals surface area contributed by atoms with E-state index in [1.165, 1.54) is 11.1 Å². The lowest BCUT2D eigenvalue weighted by atomic mass is 10.1. The number of aryl methyl sites for hydroxylation is 2. The standard InChI is InChI=1S/C17H21N3O/c1-4-9-18-17(21)16-8-6-14(11-19-16)20-15-7-5-12(2)10-13(15)3/h5-8,10-11,20H,4,9H2,1-3H3,(H,18,21). The summed E-state index contributed by atoms with van der Waals surface area (Å²) in [7, 11) is 0. The predicted octanol–water partition coefficient (Wildman–Crippen LogP) is 3.58. The Hall–Kier alpha value is -2.36. The number of carbonyl (C=O) groups is 1. The summed E-state index contributed by atoms with van der Waals surface area (Å²) < 4.78 is 0. The van der Waals surface area contributed by atoms with E-state index in [1.54, 1.807) is 12.3 Å². The summed E-state index contributed by atoms with van der Waals surface area (Å²) in [5, 5.41) is 6.13. The van der Waals surface area contributed by atoms with Crippen molar-refractivity contribution in [2.75, 3.05) is 11.9 Å². The van der Waals surface area contributed by atoms with Crippen LogP contribution in [0.1, 0.15) is 35.0 Å². The number of nitrogens with zero attached hydrogens (tertiary/aromatic N) is 1. The molecule has 0 radical (unpaired) electrons. The van der Waals surface area contributed by atoms with Gasteiger partial charge in [-0.1, -0.05) is 24.6 Å². The lowest BCUT2D eigenvalue weighted by Crippen LogP contribution is -2.24. The van der Waals surface area contributed by atoms with Crippen LogP contribution in [0.15, 0.2) is 36.5 Å². The summed E-state index contributed by atoms with van der Waals surface area (Å²) in [6, 6.07) is 9.84. The van der Waals surface area contributed by atoms with Crippen molar-refractivity contribution in [3.05, 3.63) is 53.3 Å². The van der Waals surface area contributed by atoms with Crippen LogP contribution in [-0.4, -0.2) is 17.4 Å². The molecule has 0 saturated heterocycles. The van der Waals surface area contributed by atoms with Crippen molar-refractivity contribution in [1.29, 1.82) is 0 Å². The van der Waals surface area contributed by atoms with Crippen LogP contribution >= 0.6 is 0 Å². The van der Waals surface area contributed by atoms with Crippen molar-refractivity contribution in [2.45, 2.75) is 27.2 Å². The van der Waals surface area contributed by atoms with Crippen LogP contribution in [0.4, 0.5) is 11.4 Å². The van der Waals surface area contributed by atoms with Gasteiger partial charge in [0.25, 0.3) is 5.91 Å². The molecule has 2 aromatic rings. The van der Waals surface area contributed by atoms with Gasteiger partial charge in [0.2, 0.25) is 0 Å². The number of anilines is 2. The van der Waals surface area contributed by atoms with Crippen LogP contribution in [0.2, 0.25) is 0 Å². The molecule has 0 unspecified atom stereocenters. The van der Waals surface area contributed by atoms with Gasteiger partial charge in [0.1, 0.15) is 5.69 Å². The molecule has 0 bridgehead atoms. The third-order valence-electron chi connectivity index (χ3n) is 3.19. The molecule has 1 amide bonds. The van der Waals surface area contributed by atoms with Crippen LogP contribution in [0.3, 0.4) is 0 Å². The second kappa shape index (κ2) is 6.88. The lowest BCUT2D eigenvalue weighted by molar-refractivity contribution is 0.0949. The Kier molecular flexibility index (Phi) is 4.93. The van der Waals surface area contributed by atoms with E-state index in [9.17, 15) is 4.79 Å². The molecule has 0 aliphatic heterocycles. The Morgan fingerprint density at radius 3 is 2.62 bits per heavy atom. The van der Waals surface area contributed by atoms with Crippen LogP contribution in [0, 0.1) is 13.8 Å². The molecule has 4 nitrogen and oxygen atoms in total. The molecule has 0 aliphatic carbocycles. The zero-order valence-electron chi connectivity index (χ0n) is 12.7. The largest absolute Gasteiger partial charge is 0.354 e. The summed E-state index contributed by atoms with van der Waals surface area (Å²) in [5.74, 6) is -0.130. The van der Waals surface area contributed by atoms with Crippen molar-refractivity contribution in [3.63, 3.8) is 0 Å². The van der Waals surface area contributed by atoms with Gasteiger partial charge in [-0.15, -0.1) is 0 Å². The lowest BCUT2D eigenvalue weighted by Gasteiger charge is -2.10. The number of amides is 1. The van der Waals surface area contributed by atoms with E-state index in [0.717, 1.165) is 17.8 Å². The Morgan fingerprint density at radius 1 is 1.19 bits per heavy atom. The summed E-state index contributed by atoms with van der Waals surface area (Å²) in [5.41, 5.74) is 4.77. The van der Waals surface area contributed by atoms with Gasteiger partial charge >= 0.3 is 0 Å². The van der Waals surface area contributed by atoms with E-state index in [2.05, 4.69) is 41.6 Å². The summed E-state index contributed by atoms with van der Waals surface area (Å²) in [6.45, 7) is 6.82. The molecular formula is C17H21N3O. The molecule has 0 fully saturated rings. The van der Waals surface area contributed by atoms with Crippen molar-refractivity contribution < 1.29 is 4.79 Å². The van der Waals surface area contributed by atoms with E-state index < -0.39 is 0 Å². The molecule has 0 atom stereocenters. The van der Waals surface area contributed by atoms with Crippen molar-refractivity contribution >= 4 is 17.3 Å². The maximum Gasteiger partial charge on any atom is 0.269 e. The van der Waals surface area contributed by atoms with Gasteiger partial charge in [-0.3, -0.25) is 4.79 Å². The second-order valence-electron chi connectivity index (χ2n) is 5.13. The van der Waals surface area contributed by atoms with E-state index in [1.807, 2.05) is 19.1 Å². The van der Waals surface area contributed by atoms with Crippen LogP contribution in [0.25, 0.3) is 0 Å². The van der Waals surface area contributed by atoms with E-state index in [0.29, 0.717) is 12.2 Å². The van der Waals surface area contributed by atoms with E-state index in [-0.39, 0.29) is 5.91 Å². The first-order chi connectivity index (χ1) is 10.1. The Morgan fingerprint density at radius 2 is 2.00 bits per heavy atom. The van der Waals surface area contributed by atoms with Gasteiger partial charge in [-0.25, -0.2) is 4.98 Å². The summed E-state index contributed by atoms with van der Waals surface area (Å²) in [6.07, 6.45) is 2.60. The van der Waals surface area contributed by atoms with Gasteiger partial charge in [0, 0.05) is 12.2 Å². The minimum atomic E-state index is -0.130. The molecule has 0 saturated carbocycles. The number of benzene rings is 1. The topological polar surface area (TPSA) is 54.0 Å². The van der Waals surface area contributed by atoms with Crippen molar-refractivity contribution in [2.24, 2.45) is 0 Å². The number of carbonyl (C=O) groups excluding carboxylic acids is 1. The normalized spacial score (nSPS) is 10.2. The predicted molar refractivity (Wildman–Crippen MR) is 86.1 cm³/mol. The van der Waals surface area contributed by atoms with Crippen LogP contribution in [-0.2, 0) is 0 Å². The minimum absolute atomic E-state index is 0.130. The van der Waals surface area contributed by atoms with Crippen LogP contribution < -0.4 is 10.6 Å². The molecule has 4 heteroatoms. The fourth-order valence-electron chi connectivity index (χ4n) is 2.04. The zero-order valence-corrected chi connectivity index (χ0v) is 12.7. The summed E-state index contributed by atoms with van der Waals surface area (Å²) in [4.78, 5) is 16.0. The number of nitrogens with one attached hydrogen (secondary N) is 2. The number of aromatic nitrogens is 1. The Labute approximate surface area is 125 Å². The highest BCUT2D eigenvalue weighted by Gasteiger charge is 2.06. The molecule has 21 heavy (non-hydrogen) atoms. The molecule has 110 valence electrons. The van der Waals surface area contributed by atoms with Gasteiger partial charge < -0.3 is 10.6 Å². The highest BCUT2D eigenvalue weighted by Crippen LogP contribution is 2.21. The van der Waals surface area contributed by atoms with Crippen molar-refractivity contribution in [1.82, 2.24) is 10.3 Å². The Bertz CT molecular complexity index is 620. The average Bonchev–Trinajstić information content (AvgIpc) is 2.48. The minimum Gasteiger partial charge on any atom is -0.354 e. The molecule has 0 spiro atoms. The average molecular weight is 283 g/mol. The monoisotopic (exact) mass is 283 g/mol. The number of hydrogen-bond donors (Lipinski definition) is 2. The van der Waals surface area contributed by atoms with Gasteiger partial charge in [0.15, 0.2) is 0 Å². The van der Waals surface area contributed by atoms with E-state index >= 15 is 0 Å². The first kappa shape index (κ1) is 15.0. The molecule has 1 aromatic heterocycles. The maximum absolute atomic E-state index is 11.8. The third-order valence-corrected chi connectivity index (χ3v) is 3.19. The SMILES string of the molecule is CCCNC(=O)c1ccc(Nc2ccc(C)cc2C)cn1. The molecule has 0 aliphatic rings. The fourth-order valence-corrected chi connectivity index (χ4v) is 2.04. The third kappa shape index (κ3) is 4.05. The number of pyridine rings is 1. The number of hydrogen-bond acceptors (Lipinski definition) is 3. The van der Waals surface area contributed by atoms with Gasteiger partial charge in [0.05, 0.1) is 11.9 Å². The highest BCUT2D eigenvalue weighted by atomic mass is 16.1. The highest BCUT2D eigenvalue weighted by molar-refractivity contribution is 5.92. The zero-order chi connectivity index (χ0) is 15.2. The Balaban J connectivity index is 2.07. The molecule has 2 rings (SSSR count). The maximum atomic E-state index is 11.8. The number of rotatable bonds is 5. The van der Waals surface area contributed by atoms with Crippen molar-refractivity contribution in [3.8, 4) is 0 Å².